The molecule has 4 rings (SSSR count). The number of likely N-dealkylation sites (tertiary alicyclic amines) is 1. The molecule has 2 aliphatic rings. The standard InChI is InChI=1S/C26H37N5O2/c1-19-5-7-22(8-6-19)25(17-33-4)31-14-13-30(16-20(31)2)23-9-11-29(12-10-23)26(32)24-15-27-18-28-21(24)3/h5-8,15,18,20,23,25H,9-14,16-17H2,1-4H3/t20-,25-/m0/s1. The molecule has 1 amide bonds. The number of rotatable bonds is 6. The Morgan fingerprint density at radius 2 is 1.85 bits per heavy atom. The molecule has 7 heteroatoms. The van der Waals surface area contributed by atoms with Crippen molar-refractivity contribution in [3.8, 4) is 0 Å². The molecular formula is C26H37N5O2. The zero-order chi connectivity index (χ0) is 23.4. The van der Waals surface area contributed by atoms with Crippen LogP contribution in [-0.4, -0.2) is 89.1 Å². The van der Waals surface area contributed by atoms with Gasteiger partial charge in [-0.1, -0.05) is 29.8 Å². The number of carbonyl (C=O) groups excluding carboxylic acids is 1. The number of nitrogens with zero attached hydrogens (tertiary/aromatic N) is 5. The van der Waals surface area contributed by atoms with Crippen LogP contribution in [0.25, 0.3) is 0 Å². The number of methoxy groups -OCH3 is 1. The van der Waals surface area contributed by atoms with Crippen LogP contribution in [0.3, 0.4) is 0 Å². The molecule has 0 bridgehead atoms. The summed E-state index contributed by atoms with van der Waals surface area (Å²) >= 11 is 0. The highest BCUT2D eigenvalue weighted by molar-refractivity contribution is 5.94. The number of aryl methyl sites for hydroxylation is 2. The Morgan fingerprint density at radius 3 is 2.48 bits per heavy atom. The first-order valence-corrected chi connectivity index (χ1v) is 12.1. The van der Waals surface area contributed by atoms with Crippen molar-refractivity contribution in [1.29, 1.82) is 0 Å². The second-order valence-electron chi connectivity index (χ2n) is 9.51. The van der Waals surface area contributed by atoms with Crippen LogP contribution in [-0.2, 0) is 4.74 Å². The quantitative estimate of drug-likeness (QED) is 0.673. The Bertz CT molecular complexity index is 927. The summed E-state index contributed by atoms with van der Waals surface area (Å²) in [5.74, 6) is 0.0604. The maximum atomic E-state index is 12.9. The Kier molecular flexibility index (Phi) is 7.73. The van der Waals surface area contributed by atoms with Gasteiger partial charge in [-0.15, -0.1) is 0 Å². The van der Waals surface area contributed by atoms with E-state index in [1.807, 2.05) is 11.8 Å². The Hall–Kier alpha value is -2.35. The number of carbonyl (C=O) groups is 1. The van der Waals surface area contributed by atoms with E-state index >= 15 is 0 Å². The molecule has 2 fully saturated rings. The van der Waals surface area contributed by atoms with Crippen LogP contribution in [0.5, 0.6) is 0 Å². The highest BCUT2D eigenvalue weighted by Gasteiger charge is 2.35. The molecule has 7 nitrogen and oxygen atoms in total. The van der Waals surface area contributed by atoms with E-state index in [9.17, 15) is 4.79 Å². The predicted molar refractivity (Wildman–Crippen MR) is 129 cm³/mol. The van der Waals surface area contributed by atoms with Gasteiger partial charge in [0.2, 0.25) is 0 Å². The van der Waals surface area contributed by atoms with Gasteiger partial charge in [0.1, 0.15) is 6.33 Å². The number of hydrogen-bond acceptors (Lipinski definition) is 6. The average Bonchev–Trinajstić information content (AvgIpc) is 2.83. The van der Waals surface area contributed by atoms with E-state index in [2.05, 4.69) is 57.9 Å². The second kappa shape index (κ2) is 10.7. The smallest absolute Gasteiger partial charge is 0.257 e. The van der Waals surface area contributed by atoms with Crippen molar-refractivity contribution in [3.63, 3.8) is 0 Å². The Morgan fingerprint density at radius 1 is 1.12 bits per heavy atom. The summed E-state index contributed by atoms with van der Waals surface area (Å²) in [6, 6.07) is 10.1. The van der Waals surface area contributed by atoms with Gasteiger partial charge in [-0.3, -0.25) is 14.6 Å². The van der Waals surface area contributed by atoms with Crippen molar-refractivity contribution < 1.29 is 9.53 Å². The van der Waals surface area contributed by atoms with Crippen LogP contribution in [0.15, 0.2) is 36.8 Å². The van der Waals surface area contributed by atoms with Crippen LogP contribution in [0.2, 0.25) is 0 Å². The summed E-state index contributed by atoms with van der Waals surface area (Å²) in [7, 11) is 1.79. The fourth-order valence-corrected chi connectivity index (χ4v) is 5.33. The molecule has 2 saturated heterocycles. The lowest BCUT2D eigenvalue weighted by atomic mass is 9.98. The molecule has 0 N–H and O–H groups in total. The van der Waals surface area contributed by atoms with E-state index < -0.39 is 0 Å². The Balaban J connectivity index is 1.34. The summed E-state index contributed by atoms with van der Waals surface area (Å²) in [4.78, 5) is 28.3. The van der Waals surface area contributed by atoms with Gasteiger partial charge in [-0.05, 0) is 39.2 Å². The molecule has 0 spiro atoms. The predicted octanol–water partition coefficient (Wildman–Crippen LogP) is 3.09. The highest BCUT2D eigenvalue weighted by Crippen LogP contribution is 2.28. The number of piperidine rings is 1. The second-order valence-corrected chi connectivity index (χ2v) is 9.51. The van der Waals surface area contributed by atoms with E-state index in [4.69, 9.17) is 4.74 Å². The third-order valence-electron chi connectivity index (χ3n) is 7.31. The minimum atomic E-state index is 0.0604. The minimum Gasteiger partial charge on any atom is -0.383 e. The summed E-state index contributed by atoms with van der Waals surface area (Å²) in [6.07, 6.45) is 5.17. The number of piperazine rings is 1. The van der Waals surface area contributed by atoms with Crippen LogP contribution in [0, 0.1) is 13.8 Å². The van der Waals surface area contributed by atoms with Gasteiger partial charge in [0.05, 0.1) is 23.9 Å². The number of benzene rings is 1. The number of amides is 1. The lowest BCUT2D eigenvalue weighted by Gasteiger charge is -2.48. The summed E-state index contributed by atoms with van der Waals surface area (Å²) in [6.45, 7) is 11.8. The van der Waals surface area contributed by atoms with E-state index in [1.54, 1.807) is 13.3 Å². The fourth-order valence-electron chi connectivity index (χ4n) is 5.33. The fraction of sp³-hybridized carbons (Fsp3) is 0.577. The molecule has 0 unspecified atom stereocenters. The minimum absolute atomic E-state index is 0.0604. The van der Waals surface area contributed by atoms with Crippen LogP contribution < -0.4 is 0 Å². The van der Waals surface area contributed by atoms with Crippen molar-refractivity contribution >= 4 is 5.91 Å². The van der Waals surface area contributed by atoms with Gasteiger partial charge < -0.3 is 9.64 Å². The first kappa shape index (κ1) is 23.8. The first-order chi connectivity index (χ1) is 16.0. The van der Waals surface area contributed by atoms with Gasteiger partial charge in [-0.25, -0.2) is 9.97 Å². The maximum absolute atomic E-state index is 12.9. The van der Waals surface area contributed by atoms with E-state index in [1.165, 1.54) is 17.5 Å². The molecule has 0 radical (unpaired) electrons. The van der Waals surface area contributed by atoms with Crippen LogP contribution in [0.1, 0.15) is 53.0 Å². The molecular weight excluding hydrogens is 414 g/mol. The monoisotopic (exact) mass is 451 g/mol. The first-order valence-electron chi connectivity index (χ1n) is 12.1. The third-order valence-corrected chi connectivity index (χ3v) is 7.31. The van der Waals surface area contributed by atoms with Gasteiger partial charge >= 0.3 is 0 Å². The van der Waals surface area contributed by atoms with Crippen molar-refractivity contribution in [3.05, 3.63) is 59.2 Å². The maximum Gasteiger partial charge on any atom is 0.257 e. The lowest BCUT2D eigenvalue weighted by Crippen LogP contribution is -2.58. The third kappa shape index (κ3) is 5.42. The van der Waals surface area contributed by atoms with Crippen molar-refractivity contribution in [2.24, 2.45) is 0 Å². The van der Waals surface area contributed by atoms with Crippen molar-refractivity contribution in [1.82, 2.24) is 24.7 Å². The van der Waals surface area contributed by atoms with E-state index in [0.717, 1.165) is 51.3 Å². The number of aromatic nitrogens is 2. The van der Waals surface area contributed by atoms with Crippen molar-refractivity contribution in [2.45, 2.75) is 51.7 Å². The van der Waals surface area contributed by atoms with Crippen LogP contribution >= 0.6 is 0 Å². The summed E-state index contributed by atoms with van der Waals surface area (Å²) < 4.78 is 5.61. The Labute approximate surface area is 197 Å². The molecule has 33 heavy (non-hydrogen) atoms. The SMILES string of the molecule is COC[C@@H](c1ccc(C)cc1)N1CCN(C2CCN(C(=O)c3cncnc3C)CC2)C[C@@H]1C. The lowest BCUT2D eigenvalue weighted by molar-refractivity contribution is -0.00905. The summed E-state index contributed by atoms with van der Waals surface area (Å²) in [5, 5.41) is 0. The molecule has 0 aliphatic carbocycles. The van der Waals surface area contributed by atoms with Gasteiger partial charge in [0.25, 0.3) is 5.91 Å². The molecule has 178 valence electrons. The molecule has 0 saturated carbocycles. The molecule has 3 heterocycles. The van der Waals surface area contributed by atoms with Crippen molar-refractivity contribution in [2.75, 3.05) is 46.4 Å². The molecule has 2 atom stereocenters. The van der Waals surface area contributed by atoms with E-state index in [-0.39, 0.29) is 11.9 Å². The normalized spacial score (nSPS) is 21.8. The molecule has 2 aliphatic heterocycles. The largest absolute Gasteiger partial charge is 0.383 e. The molecule has 1 aromatic carbocycles. The number of hydrogen-bond donors (Lipinski definition) is 0. The van der Waals surface area contributed by atoms with Gasteiger partial charge in [-0.2, -0.15) is 0 Å². The summed E-state index contributed by atoms with van der Waals surface area (Å²) in [5.41, 5.74) is 3.99. The highest BCUT2D eigenvalue weighted by atomic mass is 16.5. The topological polar surface area (TPSA) is 61.8 Å². The molecule has 1 aromatic heterocycles. The average molecular weight is 452 g/mol. The zero-order valence-electron chi connectivity index (χ0n) is 20.4. The molecule has 2 aromatic rings. The van der Waals surface area contributed by atoms with Gasteiger partial charge in [0, 0.05) is 58.1 Å². The van der Waals surface area contributed by atoms with E-state index in [0.29, 0.717) is 24.3 Å². The van der Waals surface area contributed by atoms with Crippen LogP contribution in [0.4, 0.5) is 0 Å². The number of ether oxygens (including phenoxy) is 1. The zero-order valence-corrected chi connectivity index (χ0v) is 20.4. The van der Waals surface area contributed by atoms with Gasteiger partial charge in [0.15, 0.2) is 0 Å².